The Morgan fingerprint density at radius 2 is 2.02 bits per heavy atom. The summed E-state index contributed by atoms with van der Waals surface area (Å²) in [4.78, 5) is 17.6. The number of carbonyl (C=O) groups is 1. The number of sulfonamides is 1. The number of fused-ring (bicyclic) bond motifs is 1. The van der Waals surface area contributed by atoms with E-state index in [4.69, 9.17) is 22.1 Å². The molecule has 11 heteroatoms. The summed E-state index contributed by atoms with van der Waals surface area (Å²) in [6.45, 7) is 6.18. The second kappa shape index (κ2) is 9.56. The number of nitrogen functional groups attached to an aromatic ring is 1. The smallest absolute Gasteiger partial charge is 0.238 e. The first-order valence-electron chi connectivity index (χ1n) is 14.0. The van der Waals surface area contributed by atoms with Crippen molar-refractivity contribution in [2.24, 2.45) is 22.7 Å². The zero-order chi connectivity index (χ0) is 28.6. The Bertz CT molecular complexity index is 1450. The maximum Gasteiger partial charge on any atom is 0.238 e. The van der Waals surface area contributed by atoms with Gasteiger partial charge in [-0.3, -0.25) is 4.79 Å². The number of amides is 1. The minimum atomic E-state index is -3.69. The Balaban J connectivity index is 1.20. The largest absolute Gasteiger partial charge is 0.451 e. The van der Waals surface area contributed by atoms with Gasteiger partial charge in [-0.25, -0.2) is 22.1 Å². The van der Waals surface area contributed by atoms with E-state index in [0.717, 1.165) is 32.1 Å². The second-order valence-electron chi connectivity index (χ2n) is 12.7. The summed E-state index contributed by atoms with van der Waals surface area (Å²) in [5, 5.41) is 3.56. The highest BCUT2D eigenvalue weighted by Gasteiger charge is 2.72. The quantitative estimate of drug-likeness (QED) is 0.421. The minimum absolute atomic E-state index is 0.00972. The van der Waals surface area contributed by atoms with Crippen LogP contribution in [0.25, 0.3) is 0 Å². The van der Waals surface area contributed by atoms with Gasteiger partial charge in [0.2, 0.25) is 15.9 Å². The molecule has 2 aromatic rings. The summed E-state index contributed by atoms with van der Waals surface area (Å²) >= 11 is 6.31. The average Bonchev–Trinajstić information content (AvgIpc) is 3.61. The van der Waals surface area contributed by atoms with Gasteiger partial charge in [0.05, 0.1) is 23.0 Å². The van der Waals surface area contributed by atoms with E-state index >= 15 is 4.39 Å². The van der Waals surface area contributed by atoms with Crippen LogP contribution in [0.2, 0.25) is 5.02 Å². The molecule has 4 fully saturated rings. The number of ether oxygens (including phenoxy) is 1. The Hall–Kier alpha value is -2.43. The number of carbonyl (C=O) groups excluding carboxylic acids is 1. The van der Waals surface area contributed by atoms with Gasteiger partial charge in [0.25, 0.3) is 0 Å². The second-order valence-corrected chi connectivity index (χ2v) is 15.0. The van der Waals surface area contributed by atoms with Crippen LogP contribution in [0.15, 0.2) is 30.5 Å². The predicted molar refractivity (Wildman–Crippen MR) is 151 cm³/mol. The van der Waals surface area contributed by atoms with Crippen molar-refractivity contribution in [2.75, 3.05) is 11.5 Å². The van der Waals surface area contributed by atoms with Gasteiger partial charge in [0.1, 0.15) is 11.6 Å². The maximum absolute atomic E-state index is 15.9. The topological polar surface area (TPSA) is 115 Å². The SMILES string of the molecule is CC(CC(=O)N1C2CC3CC[C@]2(CS1(=O)=O)C3(C)C)N[C@@H](c1ccc(Cl)c(Oc2ccc(N)nc2)c1F)C1CC1. The molecule has 1 amide bonds. The van der Waals surface area contributed by atoms with Gasteiger partial charge < -0.3 is 15.8 Å². The van der Waals surface area contributed by atoms with Crippen LogP contribution in [0.1, 0.15) is 70.9 Å². The van der Waals surface area contributed by atoms with Gasteiger partial charge >= 0.3 is 0 Å². The van der Waals surface area contributed by atoms with Crippen LogP contribution < -0.4 is 15.8 Å². The fourth-order valence-corrected chi connectivity index (χ4v) is 10.4. The number of nitrogens with two attached hydrogens (primary N) is 1. The number of hydrogen-bond acceptors (Lipinski definition) is 7. The normalized spacial score (nSPS) is 29.3. The molecule has 1 aliphatic heterocycles. The third-order valence-electron chi connectivity index (χ3n) is 10.1. The predicted octanol–water partition coefficient (Wildman–Crippen LogP) is 5.43. The molecular formula is C29H36ClFN4O4S. The highest BCUT2D eigenvalue weighted by molar-refractivity contribution is 7.90. The van der Waals surface area contributed by atoms with E-state index in [1.807, 2.05) is 6.92 Å². The molecule has 3 aliphatic carbocycles. The number of rotatable bonds is 8. The number of aromatic nitrogens is 1. The van der Waals surface area contributed by atoms with E-state index in [1.54, 1.807) is 24.3 Å². The lowest BCUT2D eigenvalue weighted by Crippen LogP contribution is -2.46. The maximum atomic E-state index is 15.9. The molecule has 2 heterocycles. The zero-order valence-corrected chi connectivity index (χ0v) is 24.6. The molecule has 40 heavy (non-hydrogen) atoms. The Morgan fingerprint density at radius 1 is 1.27 bits per heavy atom. The molecule has 0 radical (unpaired) electrons. The number of halogens is 2. The number of pyridine rings is 1. The van der Waals surface area contributed by atoms with E-state index in [-0.39, 0.29) is 63.7 Å². The molecule has 1 spiro atoms. The van der Waals surface area contributed by atoms with E-state index in [1.165, 1.54) is 10.5 Å². The van der Waals surface area contributed by atoms with Crippen LogP contribution >= 0.6 is 11.6 Å². The standard InChI is InChI=1S/C29H36ClFN4O4S/c1-16(12-24(36)35-22-13-18-10-11-29(22,28(18,2)3)15-40(35,37)38)34-26(17-4-5-17)20-7-8-21(30)27(25(20)31)39-19-6-9-23(32)33-14-19/h6-9,14,16-18,22,26,34H,4-5,10-13,15H2,1-3H3,(H2,32,33)/t16?,18?,22?,26-,29-/m1/s1. The van der Waals surface area contributed by atoms with Gasteiger partial charge in [-0.2, -0.15) is 0 Å². The molecule has 5 atom stereocenters. The van der Waals surface area contributed by atoms with Crippen LogP contribution in [-0.2, 0) is 14.8 Å². The van der Waals surface area contributed by atoms with Crippen LogP contribution in [0.4, 0.5) is 10.2 Å². The summed E-state index contributed by atoms with van der Waals surface area (Å²) < 4.78 is 49.4. The monoisotopic (exact) mass is 590 g/mol. The van der Waals surface area contributed by atoms with Crippen molar-refractivity contribution in [1.29, 1.82) is 0 Å². The van der Waals surface area contributed by atoms with Crippen LogP contribution in [0.3, 0.4) is 0 Å². The molecule has 4 aliphatic rings. The van der Waals surface area contributed by atoms with E-state index in [0.29, 0.717) is 23.0 Å². The number of benzene rings is 1. The van der Waals surface area contributed by atoms with Crippen molar-refractivity contribution in [2.45, 2.75) is 77.4 Å². The Labute approximate surface area is 239 Å². The number of hydrogen-bond donors (Lipinski definition) is 2. The third kappa shape index (κ3) is 4.38. The van der Waals surface area contributed by atoms with Crippen LogP contribution in [0.5, 0.6) is 11.5 Å². The van der Waals surface area contributed by atoms with Gasteiger partial charge in [-0.15, -0.1) is 0 Å². The summed E-state index contributed by atoms with van der Waals surface area (Å²) in [5.74, 6) is 0.224. The highest BCUT2D eigenvalue weighted by Crippen LogP contribution is 2.70. The van der Waals surface area contributed by atoms with Gasteiger partial charge in [-0.1, -0.05) is 31.5 Å². The first-order chi connectivity index (χ1) is 18.8. The lowest BCUT2D eigenvalue weighted by molar-refractivity contribution is -0.129. The third-order valence-corrected chi connectivity index (χ3v) is 12.3. The lowest BCUT2D eigenvalue weighted by Gasteiger charge is -2.37. The minimum Gasteiger partial charge on any atom is -0.451 e. The molecule has 216 valence electrons. The van der Waals surface area contributed by atoms with E-state index in [2.05, 4.69) is 24.1 Å². The molecule has 1 aromatic heterocycles. The fraction of sp³-hybridized carbons (Fsp3) is 0.586. The molecule has 3 unspecified atom stereocenters. The summed E-state index contributed by atoms with van der Waals surface area (Å²) in [6, 6.07) is 5.36. The summed E-state index contributed by atoms with van der Waals surface area (Å²) in [6.07, 6.45) is 5.86. The summed E-state index contributed by atoms with van der Waals surface area (Å²) in [7, 11) is -3.69. The number of nitrogens with one attached hydrogen (secondary N) is 1. The van der Waals surface area contributed by atoms with Crippen molar-refractivity contribution in [3.8, 4) is 11.5 Å². The lowest BCUT2D eigenvalue weighted by atomic mass is 9.69. The molecule has 6 rings (SSSR count). The van der Waals surface area contributed by atoms with Crippen LogP contribution in [-0.4, -0.2) is 41.5 Å². The van der Waals surface area contributed by atoms with E-state index < -0.39 is 15.8 Å². The van der Waals surface area contributed by atoms with Crippen molar-refractivity contribution in [3.05, 3.63) is 46.9 Å². The number of anilines is 1. The first kappa shape index (κ1) is 27.7. The van der Waals surface area contributed by atoms with Gasteiger partial charge in [-0.05, 0) is 74.5 Å². The van der Waals surface area contributed by atoms with Gasteiger partial charge in [0.15, 0.2) is 11.6 Å². The fourth-order valence-electron chi connectivity index (χ4n) is 7.70. The van der Waals surface area contributed by atoms with Crippen molar-refractivity contribution < 1.29 is 22.3 Å². The molecule has 3 saturated carbocycles. The molecule has 1 aromatic carbocycles. The zero-order valence-electron chi connectivity index (χ0n) is 23.0. The molecule has 3 N–H and O–H groups in total. The van der Waals surface area contributed by atoms with Crippen LogP contribution in [0, 0.1) is 28.5 Å². The first-order valence-corrected chi connectivity index (χ1v) is 16.0. The van der Waals surface area contributed by atoms with E-state index in [9.17, 15) is 13.2 Å². The highest BCUT2D eigenvalue weighted by atomic mass is 35.5. The van der Waals surface area contributed by atoms with Gasteiger partial charge in [0, 0.05) is 29.5 Å². The molecule has 1 saturated heterocycles. The van der Waals surface area contributed by atoms with Crippen molar-refractivity contribution in [1.82, 2.24) is 14.6 Å². The molecule has 2 bridgehead atoms. The molecular weight excluding hydrogens is 555 g/mol. The number of nitrogens with zero attached hydrogens (tertiary/aromatic N) is 2. The van der Waals surface area contributed by atoms with Crippen molar-refractivity contribution >= 4 is 33.3 Å². The average molecular weight is 591 g/mol. The Morgan fingerprint density at radius 3 is 2.67 bits per heavy atom. The summed E-state index contributed by atoms with van der Waals surface area (Å²) in [5.41, 5.74) is 5.57. The molecule has 8 nitrogen and oxygen atoms in total. The Kier molecular flexibility index (Phi) is 6.63. The van der Waals surface area contributed by atoms with Crippen molar-refractivity contribution in [3.63, 3.8) is 0 Å².